The highest BCUT2D eigenvalue weighted by atomic mass is 32.1. The molecule has 3 aromatic rings. The maximum Gasteiger partial charge on any atom is 0.433 e. The van der Waals surface area contributed by atoms with Crippen molar-refractivity contribution in [2.75, 3.05) is 7.11 Å². The van der Waals surface area contributed by atoms with Crippen LogP contribution in [0.4, 0.5) is 13.2 Å². The van der Waals surface area contributed by atoms with Crippen LogP contribution in [0.5, 0.6) is 0 Å². The highest BCUT2D eigenvalue weighted by Crippen LogP contribution is 2.32. The molecule has 0 aromatic carbocycles. The number of aromatic nitrogens is 4. The number of halogens is 3. The Morgan fingerprint density at radius 2 is 2.08 bits per heavy atom. The Labute approximate surface area is 137 Å². The van der Waals surface area contributed by atoms with Gasteiger partial charge >= 0.3 is 12.1 Å². The maximum atomic E-state index is 13.1. The van der Waals surface area contributed by atoms with Gasteiger partial charge in [-0.1, -0.05) is 6.07 Å². The van der Waals surface area contributed by atoms with E-state index in [9.17, 15) is 18.0 Å². The summed E-state index contributed by atoms with van der Waals surface area (Å²) in [7, 11) is 1.18. The lowest BCUT2D eigenvalue weighted by molar-refractivity contribution is -0.141. The van der Waals surface area contributed by atoms with E-state index >= 15 is 0 Å². The first-order valence-corrected chi connectivity index (χ1v) is 7.41. The summed E-state index contributed by atoms with van der Waals surface area (Å²) >= 11 is 1.25. The first-order valence-electron chi connectivity index (χ1n) is 6.53. The molecule has 6 nitrogen and oxygen atoms in total. The molecule has 0 N–H and O–H groups in total. The predicted molar refractivity (Wildman–Crippen MR) is 78.8 cm³/mol. The van der Waals surface area contributed by atoms with E-state index in [4.69, 9.17) is 0 Å². The number of hydrogen-bond donors (Lipinski definition) is 0. The summed E-state index contributed by atoms with van der Waals surface area (Å²) in [6.45, 7) is 0. The minimum absolute atomic E-state index is 0.0591. The molecule has 0 bridgehead atoms. The van der Waals surface area contributed by atoms with E-state index in [1.807, 2.05) is 0 Å². The van der Waals surface area contributed by atoms with Gasteiger partial charge in [-0.3, -0.25) is 0 Å². The van der Waals surface area contributed by atoms with Gasteiger partial charge in [0, 0.05) is 6.20 Å². The molecule has 0 aliphatic heterocycles. The van der Waals surface area contributed by atoms with E-state index in [-0.39, 0.29) is 17.3 Å². The van der Waals surface area contributed by atoms with Gasteiger partial charge in [0.15, 0.2) is 11.4 Å². The zero-order valence-electron chi connectivity index (χ0n) is 12.1. The summed E-state index contributed by atoms with van der Waals surface area (Å²) in [5.74, 6) is -0.998. The Kier molecular flexibility index (Phi) is 4.06. The lowest BCUT2D eigenvalue weighted by Gasteiger charge is -2.09. The molecule has 0 aliphatic rings. The van der Waals surface area contributed by atoms with Crippen molar-refractivity contribution in [1.82, 2.24) is 19.7 Å². The fourth-order valence-corrected chi connectivity index (χ4v) is 2.57. The SMILES string of the molecule is COC(=O)c1ccn(-c2nc(-c3cccs3)cc(C(F)(F)F)n2)n1. The van der Waals surface area contributed by atoms with Crippen LogP contribution < -0.4 is 0 Å². The number of hydrogen-bond acceptors (Lipinski definition) is 6. The van der Waals surface area contributed by atoms with E-state index in [0.29, 0.717) is 4.88 Å². The number of thiophene rings is 1. The number of carbonyl (C=O) groups is 1. The average Bonchev–Trinajstić information content (AvgIpc) is 3.24. The minimum atomic E-state index is -4.64. The van der Waals surface area contributed by atoms with Crippen molar-refractivity contribution < 1.29 is 22.7 Å². The maximum absolute atomic E-state index is 13.1. The summed E-state index contributed by atoms with van der Waals surface area (Å²) in [6.07, 6.45) is -3.35. The largest absolute Gasteiger partial charge is 0.464 e. The van der Waals surface area contributed by atoms with Gasteiger partial charge in [0.1, 0.15) is 0 Å². The van der Waals surface area contributed by atoms with Crippen molar-refractivity contribution in [3.8, 4) is 16.5 Å². The lowest BCUT2D eigenvalue weighted by Crippen LogP contribution is -2.13. The Hall–Kier alpha value is -2.75. The molecule has 0 atom stereocenters. The number of rotatable bonds is 3. The van der Waals surface area contributed by atoms with Crippen LogP contribution in [-0.2, 0) is 10.9 Å². The topological polar surface area (TPSA) is 69.9 Å². The highest BCUT2D eigenvalue weighted by Gasteiger charge is 2.34. The van der Waals surface area contributed by atoms with Gasteiger partial charge in [0.2, 0.25) is 0 Å². The number of alkyl halides is 3. The molecule has 0 aliphatic carbocycles. The molecule has 0 saturated carbocycles. The second kappa shape index (κ2) is 6.04. The fourth-order valence-electron chi connectivity index (χ4n) is 1.88. The second-order valence-corrected chi connectivity index (χ2v) is 5.50. The van der Waals surface area contributed by atoms with Crippen LogP contribution in [0, 0.1) is 0 Å². The third-order valence-corrected chi connectivity index (χ3v) is 3.86. The highest BCUT2D eigenvalue weighted by molar-refractivity contribution is 7.13. The van der Waals surface area contributed by atoms with E-state index in [0.717, 1.165) is 10.7 Å². The van der Waals surface area contributed by atoms with Crippen molar-refractivity contribution >= 4 is 17.3 Å². The molecular formula is C14H9F3N4O2S. The molecule has 0 amide bonds. The van der Waals surface area contributed by atoms with Gasteiger partial charge in [0.05, 0.1) is 17.7 Å². The molecule has 3 heterocycles. The molecular weight excluding hydrogens is 345 g/mol. The Bertz CT molecular complexity index is 875. The molecule has 3 aromatic heterocycles. The summed E-state index contributed by atoms with van der Waals surface area (Å²) < 4.78 is 44.8. The number of methoxy groups -OCH3 is 1. The standard InChI is InChI=1S/C14H9F3N4O2S/c1-23-12(22)8-4-5-21(20-8)13-18-9(10-3-2-6-24-10)7-11(19-13)14(15,16)17/h2-7H,1H3. The van der Waals surface area contributed by atoms with Crippen LogP contribution in [0.25, 0.3) is 16.5 Å². The number of carbonyl (C=O) groups excluding carboxylic acids is 1. The summed E-state index contributed by atoms with van der Waals surface area (Å²) in [5.41, 5.74) is -1.03. The van der Waals surface area contributed by atoms with E-state index in [2.05, 4.69) is 19.8 Å². The summed E-state index contributed by atoms with van der Waals surface area (Å²) in [4.78, 5) is 19.6. The summed E-state index contributed by atoms with van der Waals surface area (Å²) in [5, 5.41) is 5.58. The van der Waals surface area contributed by atoms with Crippen molar-refractivity contribution in [3.05, 3.63) is 47.2 Å². The van der Waals surface area contributed by atoms with Gasteiger partial charge in [-0.05, 0) is 23.6 Å². The van der Waals surface area contributed by atoms with Crippen molar-refractivity contribution in [2.24, 2.45) is 0 Å². The van der Waals surface area contributed by atoms with Gasteiger partial charge in [-0.2, -0.15) is 18.3 Å². The smallest absolute Gasteiger partial charge is 0.433 e. The van der Waals surface area contributed by atoms with Crippen LogP contribution >= 0.6 is 11.3 Å². The zero-order valence-corrected chi connectivity index (χ0v) is 12.9. The van der Waals surface area contributed by atoms with Crippen LogP contribution in [0.15, 0.2) is 35.8 Å². The Balaban J connectivity index is 2.11. The average molecular weight is 354 g/mol. The van der Waals surface area contributed by atoms with Gasteiger partial charge in [-0.15, -0.1) is 11.3 Å². The second-order valence-electron chi connectivity index (χ2n) is 4.55. The van der Waals surface area contributed by atoms with Crippen LogP contribution in [0.2, 0.25) is 0 Å². The molecule has 10 heteroatoms. The molecule has 0 unspecified atom stereocenters. The quantitative estimate of drug-likeness (QED) is 0.676. The normalized spacial score (nSPS) is 11.5. The monoisotopic (exact) mass is 354 g/mol. The van der Waals surface area contributed by atoms with E-state index < -0.39 is 17.8 Å². The van der Waals surface area contributed by atoms with Crippen LogP contribution in [0.1, 0.15) is 16.2 Å². The van der Waals surface area contributed by atoms with Crippen molar-refractivity contribution in [3.63, 3.8) is 0 Å². The third-order valence-electron chi connectivity index (χ3n) is 2.97. The molecule has 0 spiro atoms. The fraction of sp³-hybridized carbons (Fsp3) is 0.143. The minimum Gasteiger partial charge on any atom is -0.464 e. The Morgan fingerprint density at radius 3 is 2.71 bits per heavy atom. The molecule has 3 rings (SSSR count). The lowest BCUT2D eigenvalue weighted by atomic mass is 10.3. The first kappa shape index (κ1) is 16.1. The molecule has 124 valence electrons. The van der Waals surface area contributed by atoms with Gasteiger partial charge in [0.25, 0.3) is 5.95 Å². The summed E-state index contributed by atoms with van der Waals surface area (Å²) in [6, 6.07) is 5.54. The number of esters is 1. The van der Waals surface area contributed by atoms with Crippen LogP contribution in [-0.4, -0.2) is 32.8 Å². The molecule has 0 fully saturated rings. The zero-order chi connectivity index (χ0) is 17.3. The third kappa shape index (κ3) is 3.13. The molecule has 24 heavy (non-hydrogen) atoms. The van der Waals surface area contributed by atoms with Crippen molar-refractivity contribution in [2.45, 2.75) is 6.18 Å². The van der Waals surface area contributed by atoms with E-state index in [1.165, 1.54) is 30.7 Å². The molecule has 0 radical (unpaired) electrons. The van der Waals surface area contributed by atoms with Crippen molar-refractivity contribution in [1.29, 1.82) is 0 Å². The molecule has 0 saturated heterocycles. The first-order chi connectivity index (χ1) is 11.4. The number of ether oxygens (including phenoxy) is 1. The van der Waals surface area contributed by atoms with Gasteiger partial charge < -0.3 is 4.74 Å². The predicted octanol–water partition coefficient (Wildman–Crippen LogP) is 3.20. The number of nitrogens with zero attached hydrogens (tertiary/aromatic N) is 4. The Morgan fingerprint density at radius 1 is 1.29 bits per heavy atom. The van der Waals surface area contributed by atoms with E-state index in [1.54, 1.807) is 17.5 Å². The van der Waals surface area contributed by atoms with Crippen LogP contribution in [0.3, 0.4) is 0 Å². The van der Waals surface area contributed by atoms with Gasteiger partial charge in [-0.25, -0.2) is 19.4 Å².